The maximum absolute atomic E-state index is 12.2. The fraction of sp³-hybridized carbons (Fsp3) is 0.880. The van der Waals surface area contributed by atoms with Gasteiger partial charge >= 0.3 is 0 Å². The summed E-state index contributed by atoms with van der Waals surface area (Å²) in [4.78, 5) is 70.7. The van der Waals surface area contributed by atoms with Gasteiger partial charge in [-0.3, -0.25) is 28.8 Å². The van der Waals surface area contributed by atoms with E-state index >= 15 is 0 Å². The smallest absolute Gasteiger partial charge is 0.239 e. The fourth-order valence-corrected chi connectivity index (χ4v) is 6.46. The third kappa shape index (κ3) is 53.0. The quantitative estimate of drug-likeness (QED) is 0.0340. The average molecular weight is 883 g/mol. The molecule has 0 radical (unpaired) electrons. The molecule has 0 bridgehead atoms. The van der Waals surface area contributed by atoms with Gasteiger partial charge in [-0.1, -0.05) is 127 Å². The van der Waals surface area contributed by atoms with E-state index in [9.17, 15) is 28.8 Å². The lowest BCUT2D eigenvalue weighted by Crippen LogP contribution is -2.44. The van der Waals surface area contributed by atoms with Gasteiger partial charge < -0.3 is 32.3 Å². The third-order valence-corrected chi connectivity index (χ3v) is 9.93. The van der Waals surface area contributed by atoms with Crippen LogP contribution in [-0.2, 0) is 28.8 Å². The minimum Gasteiger partial charge on any atom is -0.368 e. The third-order valence-electron chi connectivity index (χ3n) is 9.93. The van der Waals surface area contributed by atoms with Crippen LogP contribution in [0.1, 0.15) is 237 Å². The molecule has 368 valence electrons. The summed E-state index contributed by atoms with van der Waals surface area (Å²) in [5.41, 5.74) is 5.46. The summed E-state index contributed by atoms with van der Waals surface area (Å²) in [6, 6.07) is -0.480. The van der Waals surface area contributed by atoms with Crippen LogP contribution in [0.4, 0.5) is 0 Å². The summed E-state index contributed by atoms with van der Waals surface area (Å²) in [7, 11) is 0. The van der Waals surface area contributed by atoms with Crippen molar-refractivity contribution in [3.63, 3.8) is 0 Å². The highest BCUT2D eigenvalue weighted by Crippen LogP contribution is 2.14. The Bertz CT molecular complexity index is 1080. The van der Waals surface area contributed by atoms with Gasteiger partial charge in [0.15, 0.2) is 0 Å². The Kier molecular flexibility index (Phi) is 51.6. The molecular weight excluding hydrogens is 781 g/mol. The van der Waals surface area contributed by atoms with Gasteiger partial charge in [0.05, 0.1) is 0 Å². The zero-order valence-corrected chi connectivity index (χ0v) is 42.5. The van der Waals surface area contributed by atoms with Crippen LogP contribution in [0.5, 0.6) is 0 Å². The van der Waals surface area contributed by atoms with Crippen LogP contribution < -0.4 is 32.3 Å². The van der Waals surface area contributed by atoms with Crippen molar-refractivity contribution in [3.8, 4) is 0 Å². The van der Waals surface area contributed by atoms with Gasteiger partial charge in [-0.15, -0.1) is 0 Å². The van der Waals surface area contributed by atoms with Gasteiger partial charge in [0, 0.05) is 57.8 Å². The van der Waals surface area contributed by atoms with Crippen LogP contribution in [0, 0.1) is 17.8 Å². The highest BCUT2D eigenvalue weighted by Gasteiger charge is 2.17. The Labute approximate surface area is 382 Å². The maximum atomic E-state index is 12.2. The first-order valence-corrected chi connectivity index (χ1v) is 25.2. The minimum absolute atomic E-state index is 0.0664. The molecule has 7 N–H and O–H groups in total. The first-order valence-electron chi connectivity index (χ1n) is 25.2. The molecule has 0 aliphatic rings. The number of hydrogen-bond donors (Lipinski definition) is 6. The topological polar surface area (TPSA) is 189 Å². The average Bonchev–Trinajstić information content (AvgIpc) is 3.21. The number of carbonyl (C=O) groups is 6. The summed E-state index contributed by atoms with van der Waals surface area (Å²) in [5, 5.41) is 14.4. The van der Waals surface area contributed by atoms with Crippen LogP contribution in [0.3, 0.4) is 0 Å². The standard InChI is InChI=1S/C29H56N4O4.C17H34N2O2.2C2H6/c1-5-14-24(4)16-7-9-19-27(35)32-22-13-11-20-28(36)33-25(29(30)37)17-10-12-21-31-26(34)18-8-6-15-23(2)3;1-14(2)10-7-8-11-16(20)18-13-9-5-6-12-17(21)19-15(3)4;2*1-2/h23-25H,5-22H2,1-4H3,(H2,30,37)(H,31,34)(H,32,35)(H,33,36);14-15H,5-13H2,1-4H3,(H,18,20)(H,19,21);2*1-2H3/t24?,25-;;;/m1.../s1. The Morgan fingerprint density at radius 3 is 1.15 bits per heavy atom. The van der Waals surface area contributed by atoms with Crippen molar-refractivity contribution in [3.05, 3.63) is 0 Å². The van der Waals surface area contributed by atoms with Crippen LogP contribution in [0.2, 0.25) is 0 Å². The van der Waals surface area contributed by atoms with E-state index in [-0.39, 0.29) is 35.6 Å². The number of hydrogen-bond acceptors (Lipinski definition) is 6. The van der Waals surface area contributed by atoms with Gasteiger partial charge in [0.1, 0.15) is 6.04 Å². The molecule has 0 aromatic carbocycles. The molecule has 0 aromatic rings. The number of nitrogens with two attached hydrogens (primary N) is 1. The molecule has 0 saturated carbocycles. The second-order valence-electron chi connectivity index (χ2n) is 17.5. The van der Waals surface area contributed by atoms with Gasteiger partial charge in [0.2, 0.25) is 35.4 Å². The van der Waals surface area contributed by atoms with Crippen molar-refractivity contribution in [2.45, 2.75) is 249 Å². The first kappa shape index (κ1) is 65.4. The van der Waals surface area contributed by atoms with E-state index in [0.717, 1.165) is 89.0 Å². The molecule has 1 unspecified atom stereocenters. The molecule has 0 saturated heterocycles. The molecular formula is C50H102N6O6. The monoisotopic (exact) mass is 883 g/mol. The Balaban J connectivity index is -0.000000569. The lowest BCUT2D eigenvalue weighted by Gasteiger charge is -2.15. The predicted molar refractivity (Wildman–Crippen MR) is 261 cm³/mol. The number of unbranched alkanes of at least 4 members (excludes halogenated alkanes) is 7. The molecule has 0 fully saturated rings. The van der Waals surface area contributed by atoms with Gasteiger partial charge in [-0.2, -0.15) is 0 Å². The van der Waals surface area contributed by atoms with Gasteiger partial charge in [0.25, 0.3) is 0 Å². The van der Waals surface area contributed by atoms with E-state index in [2.05, 4.69) is 68.1 Å². The molecule has 6 amide bonds. The highest BCUT2D eigenvalue weighted by molar-refractivity contribution is 5.86. The maximum Gasteiger partial charge on any atom is 0.239 e. The Morgan fingerprint density at radius 2 is 0.742 bits per heavy atom. The number of primary amides is 1. The second kappa shape index (κ2) is 48.8. The molecule has 0 spiro atoms. The fourth-order valence-electron chi connectivity index (χ4n) is 6.46. The van der Waals surface area contributed by atoms with E-state index in [1.54, 1.807) is 0 Å². The van der Waals surface area contributed by atoms with Crippen molar-refractivity contribution >= 4 is 35.4 Å². The molecule has 0 aliphatic heterocycles. The van der Waals surface area contributed by atoms with E-state index in [1.165, 1.54) is 25.7 Å². The SMILES string of the molecule is CC.CC.CC(C)CCCCC(=O)NCCCCCC(=O)NC(C)C.CCCC(C)CCCCC(=O)NCCCCC(=O)N[C@H](CCCCNC(=O)CCCCC(C)C)C(N)=O. The van der Waals surface area contributed by atoms with Crippen LogP contribution in [-0.4, -0.2) is 67.2 Å². The summed E-state index contributed by atoms with van der Waals surface area (Å²) in [5.74, 6) is 1.80. The van der Waals surface area contributed by atoms with E-state index in [1.807, 2.05) is 41.5 Å². The minimum atomic E-state index is -0.695. The predicted octanol–water partition coefficient (Wildman–Crippen LogP) is 10.2. The van der Waals surface area contributed by atoms with Gasteiger partial charge in [-0.25, -0.2) is 0 Å². The molecule has 0 aliphatic carbocycles. The van der Waals surface area contributed by atoms with Crippen LogP contribution >= 0.6 is 0 Å². The lowest BCUT2D eigenvalue weighted by atomic mass is 9.98. The van der Waals surface area contributed by atoms with Crippen LogP contribution in [0.15, 0.2) is 0 Å². The Hall–Kier alpha value is -3.18. The van der Waals surface area contributed by atoms with Crippen molar-refractivity contribution in [2.24, 2.45) is 23.5 Å². The van der Waals surface area contributed by atoms with Crippen molar-refractivity contribution in [1.82, 2.24) is 26.6 Å². The Morgan fingerprint density at radius 1 is 0.403 bits per heavy atom. The largest absolute Gasteiger partial charge is 0.368 e. The molecule has 0 heterocycles. The number of rotatable bonds is 36. The second-order valence-corrected chi connectivity index (χ2v) is 17.5. The molecule has 62 heavy (non-hydrogen) atoms. The first-order chi connectivity index (χ1) is 29.6. The molecule has 0 aromatic heterocycles. The van der Waals surface area contributed by atoms with Crippen molar-refractivity contribution in [1.29, 1.82) is 0 Å². The zero-order valence-electron chi connectivity index (χ0n) is 42.5. The number of carbonyl (C=O) groups excluding carboxylic acids is 6. The zero-order chi connectivity index (χ0) is 48.0. The summed E-state index contributed by atoms with van der Waals surface area (Å²) in [6.07, 6.45) is 20.8. The van der Waals surface area contributed by atoms with E-state index in [4.69, 9.17) is 5.73 Å². The van der Waals surface area contributed by atoms with Crippen molar-refractivity contribution < 1.29 is 28.8 Å². The normalized spacial score (nSPS) is 11.5. The molecule has 12 heteroatoms. The van der Waals surface area contributed by atoms with E-state index in [0.29, 0.717) is 76.8 Å². The summed E-state index contributed by atoms with van der Waals surface area (Å²) < 4.78 is 0. The van der Waals surface area contributed by atoms with Crippen molar-refractivity contribution in [2.75, 3.05) is 19.6 Å². The number of nitrogens with one attached hydrogen (secondary N) is 5. The summed E-state index contributed by atoms with van der Waals surface area (Å²) >= 11 is 0. The highest BCUT2D eigenvalue weighted by atomic mass is 16.2. The molecule has 2 atom stereocenters. The lowest BCUT2D eigenvalue weighted by molar-refractivity contribution is -0.127. The van der Waals surface area contributed by atoms with Crippen LogP contribution in [0.25, 0.3) is 0 Å². The summed E-state index contributed by atoms with van der Waals surface area (Å²) in [6.45, 7) is 27.0. The van der Waals surface area contributed by atoms with E-state index < -0.39 is 11.9 Å². The number of amides is 6. The molecule has 0 rings (SSSR count). The molecule has 12 nitrogen and oxygen atoms in total. The van der Waals surface area contributed by atoms with Gasteiger partial charge in [-0.05, 0) is 95.8 Å².